The molecule has 0 unspecified atom stereocenters. The highest BCUT2D eigenvalue weighted by Gasteiger charge is 2.17. The highest BCUT2D eigenvalue weighted by molar-refractivity contribution is 5.15. The van der Waals surface area contributed by atoms with E-state index in [2.05, 4.69) is 56.5 Å². The second kappa shape index (κ2) is 4.77. The van der Waals surface area contributed by atoms with E-state index in [-0.39, 0.29) is 0 Å². The summed E-state index contributed by atoms with van der Waals surface area (Å²) in [6, 6.07) is 0.402. The van der Waals surface area contributed by atoms with Crippen LogP contribution in [0.5, 0.6) is 0 Å². The van der Waals surface area contributed by atoms with Gasteiger partial charge < -0.3 is 0 Å². The smallest absolute Gasteiger partial charge is 0.0884 e. The lowest BCUT2D eigenvalue weighted by Gasteiger charge is -2.13. The Balaban J connectivity index is 3.08. The van der Waals surface area contributed by atoms with Crippen LogP contribution in [0.1, 0.15) is 64.9 Å². The van der Waals surface area contributed by atoms with Gasteiger partial charge in [-0.1, -0.05) is 32.9 Å². The maximum atomic E-state index is 4.30. The molecule has 0 atom stereocenters. The minimum atomic E-state index is 0.402. The van der Waals surface area contributed by atoms with Crippen LogP contribution in [0.4, 0.5) is 0 Å². The van der Waals surface area contributed by atoms with E-state index in [0.717, 1.165) is 12.1 Å². The standard InChI is InChI=1S/C12H23N3/c1-8(2)7-11-12(9(3)4)13-14-15(11)10(5)6/h8-10H,7H2,1-6H3. The molecule has 0 amide bonds. The molecule has 86 valence electrons. The van der Waals surface area contributed by atoms with Crippen LogP contribution >= 0.6 is 0 Å². The van der Waals surface area contributed by atoms with Gasteiger partial charge in [0.05, 0.1) is 11.4 Å². The largest absolute Gasteiger partial charge is 0.247 e. The number of nitrogens with zero attached hydrogens (tertiary/aromatic N) is 3. The van der Waals surface area contributed by atoms with Gasteiger partial charge in [0.25, 0.3) is 0 Å². The normalized spacial score (nSPS) is 12.1. The van der Waals surface area contributed by atoms with E-state index in [1.54, 1.807) is 0 Å². The maximum absolute atomic E-state index is 4.30. The van der Waals surface area contributed by atoms with Crippen molar-refractivity contribution in [1.82, 2.24) is 15.0 Å². The van der Waals surface area contributed by atoms with Gasteiger partial charge in [0.15, 0.2) is 0 Å². The molecular weight excluding hydrogens is 186 g/mol. The fraction of sp³-hybridized carbons (Fsp3) is 0.833. The Hall–Kier alpha value is -0.860. The predicted molar refractivity (Wildman–Crippen MR) is 63.0 cm³/mol. The van der Waals surface area contributed by atoms with Crippen LogP contribution in [-0.2, 0) is 6.42 Å². The fourth-order valence-electron chi connectivity index (χ4n) is 1.77. The zero-order chi connectivity index (χ0) is 11.6. The van der Waals surface area contributed by atoms with E-state index < -0.39 is 0 Å². The quantitative estimate of drug-likeness (QED) is 0.762. The molecule has 0 fully saturated rings. The topological polar surface area (TPSA) is 30.7 Å². The van der Waals surface area contributed by atoms with Gasteiger partial charge in [-0.05, 0) is 32.1 Å². The first-order valence-electron chi connectivity index (χ1n) is 5.87. The monoisotopic (exact) mass is 209 g/mol. The van der Waals surface area contributed by atoms with Crippen LogP contribution < -0.4 is 0 Å². The van der Waals surface area contributed by atoms with E-state index in [1.165, 1.54) is 5.69 Å². The number of aromatic nitrogens is 3. The molecule has 15 heavy (non-hydrogen) atoms. The lowest BCUT2D eigenvalue weighted by Crippen LogP contribution is -2.11. The highest BCUT2D eigenvalue weighted by atomic mass is 15.4. The van der Waals surface area contributed by atoms with E-state index in [4.69, 9.17) is 0 Å². The molecule has 0 saturated carbocycles. The molecule has 0 radical (unpaired) electrons. The summed E-state index contributed by atoms with van der Waals surface area (Å²) in [5, 5.41) is 8.56. The zero-order valence-corrected chi connectivity index (χ0v) is 10.8. The molecule has 1 aromatic heterocycles. The van der Waals surface area contributed by atoms with E-state index in [9.17, 15) is 0 Å². The van der Waals surface area contributed by atoms with Gasteiger partial charge in [0, 0.05) is 6.04 Å². The summed E-state index contributed by atoms with van der Waals surface area (Å²) in [5.41, 5.74) is 2.48. The van der Waals surface area contributed by atoms with Crippen LogP contribution in [-0.4, -0.2) is 15.0 Å². The summed E-state index contributed by atoms with van der Waals surface area (Å²) in [5.74, 6) is 1.12. The molecule has 1 rings (SSSR count). The van der Waals surface area contributed by atoms with Gasteiger partial charge in [-0.2, -0.15) is 0 Å². The molecular formula is C12H23N3. The Morgan fingerprint density at radius 2 is 1.67 bits per heavy atom. The Kier molecular flexibility index (Phi) is 3.89. The molecule has 1 aromatic rings. The van der Waals surface area contributed by atoms with Crippen LogP contribution in [0, 0.1) is 5.92 Å². The van der Waals surface area contributed by atoms with Gasteiger partial charge in [0.1, 0.15) is 0 Å². The summed E-state index contributed by atoms with van der Waals surface area (Å²) in [6.45, 7) is 13.1. The second-order valence-corrected chi connectivity index (χ2v) is 5.21. The Labute approximate surface area is 92.9 Å². The van der Waals surface area contributed by atoms with Gasteiger partial charge in [-0.15, -0.1) is 5.10 Å². The molecule has 0 saturated heterocycles. The Bertz CT molecular complexity index is 285. The third-order valence-electron chi connectivity index (χ3n) is 2.46. The van der Waals surface area contributed by atoms with Crippen molar-refractivity contribution in [3.63, 3.8) is 0 Å². The summed E-state index contributed by atoms with van der Waals surface area (Å²) >= 11 is 0. The first-order chi connectivity index (χ1) is 6.93. The molecule has 0 aliphatic carbocycles. The van der Waals surface area contributed by atoms with Crippen LogP contribution in [0.2, 0.25) is 0 Å². The predicted octanol–water partition coefficient (Wildman–Crippen LogP) is 3.18. The number of hydrogen-bond acceptors (Lipinski definition) is 2. The SMILES string of the molecule is CC(C)Cc1c(C(C)C)nnn1C(C)C. The van der Waals surface area contributed by atoms with Crippen molar-refractivity contribution in [3.8, 4) is 0 Å². The molecule has 0 spiro atoms. The van der Waals surface area contributed by atoms with Crippen LogP contribution in [0.25, 0.3) is 0 Å². The van der Waals surface area contributed by atoms with Crippen molar-refractivity contribution in [3.05, 3.63) is 11.4 Å². The van der Waals surface area contributed by atoms with Crippen molar-refractivity contribution in [2.75, 3.05) is 0 Å². The Morgan fingerprint density at radius 3 is 2.07 bits per heavy atom. The molecule has 0 N–H and O–H groups in total. The third kappa shape index (κ3) is 2.80. The molecule has 0 aromatic carbocycles. The molecule has 0 bridgehead atoms. The zero-order valence-electron chi connectivity index (χ0n) is 10.8. The third-order valence-corrected chi connectivity index (χ3v) is 2.46. The van der Waals surface area contributed by atoms with E-state index in [1.807, 2.05) is 0 Å². The average Bonchev–Trinajstić information content (AvgIpc) is 2.46. The van der Waals surface area contributed by atoms with Gasteiger partial charge >= 0.3 is 0 Å². The fourth-order valence-corrected chi connectivity index (χ4v) is 1.77. The van der Waals surface area contributed by atoms with Gasteiger partial charge in [-0.3, -0.25) is 0 Å². The van der Waals surface area contributed by atoms with Gasteiger partial charge in [-0.25, -0.2) is 4.68 Å². The van der Waals surface area contributed by atoms with Crippen molar-refractivity contribution in [1.29, 1.82) is 0 Å². The highest BCUT2D eigenvalue weighted by Crippen LogP contribution is 2.21. The van der Waals surface area contributed by atoms with Crippen molar-refractivity contribution in [2.45, 2.75) is 59.9 Å². The Morgan fingerprint density at radius 1 is 1.07 bits per heavy atom. The van der Waals surface area contributed by atoms with Crippen molar-refractivity contribution < 1.29 is 0 Å². The first kappa shape index (κ1) is 12.2. The van der Waals surface area contributed by atoms with E-state index in [0.29, 0.717) is 17.9 Å². The average molecular weight is 209 g/mol. The lowest BCUT2D eigenvalue weighted by molar-refractivity contribution is 0.476. The summed E-state index contributed by atoms with van der Waals surface area (Å²) in [6.07, 6.45) is 1.07. The number of rotatable bonds is 4. The van der Waals surface area contributed by atoms with Crippen molar-refractivity contribution >= 4 is 0 Å². The molecule has 3 heteroatoms. The van der Waals surface area contributed by atoms with Crippen LogP contribution in [0.3, 0.4) is 0 Å². The van der Waals surface area contributed by atoms with E-state index >= 15 is 0 Å². The van der Waals surface area contributed by atoms with Crippen LogP contribution in [0.15, 0.2) is 0 Å². The number of hydrogen-bond donors (Lipinski definition) is 0. The minimum Gasteiger partial charge on any atom is -0.247 e. The lowest BCUT2D eigenvalue weighted by atomic mass is 10.0. The van der Waals surface area contributed by atoms with Gasteiger partial charge in [0.2, 0.25) is 0 Å². The second-order valence-electron chi connectivity index (χ2n) is 5.21. The van der Waals surface area contributed by atoms with Crippen molar-refractivity contribution in [2.24, 2.45) is 5.92 Å². The molecule has 1 heterocycles. The first-order valence-corrected chi connectivity index (χ1v) is 5.87. The minimum absolute atomic E-state index is 0.402. The summed E-state index contributed by atoms with van der Waals surface area (Å²) < 4.78 is 2.06. The molecule has 0 aliphatic heterocycles. The molecule has 0 aliphatic rings. The maximum Gasteiger partial charge on any atom is 0.0884 e. The summed E-state index contributed by atoms with van der Waals surface area (Å²) in [4.78, 5) is 0. The molecule has 3 nitrogen and oxygen atoms in total. The summed E-state index contributed by atoms with van der Waals surface area (Å²) in [7, 11) is 0.